The molecule has 0 atom stereocenters. The molecule has 2 heterocycles. The average Bonchev–Trinajstić information content (AvgIpc) is 3.33. The monoisotopic (exact) mass is 513 g/mol. The van der Waals surface area contributed by atoms with Gasteiger partial charge in [-0.3, -0.25) is 9.47 Å². The molecule has 0 radical (unpaired) electrons. The summed E-state index contributed by atoms with van der Waals surface area (Å²) >= 11 is 0. The zero-order valence-corrected chi connectivity index (χ0v) is 21.4. The molecule has 1 aliphatic heterocycles. The van der Waals surface area contributed by atoms with Gasteiger partial charge in [0.15, 0.2) is 0 Å². The molecule has 2 N–H and O–H groups in total. The average molecular weight is 514 g/mol. The lowest BCUT2D eigenvalue weighted by Gasteiger charge is -2.36. The van der Waals surface area contributed by atoms with Gasteiger partial charge < -0.3 is 13.8 Å². The molecular formula is C25H31N5O5S. The third kappa shape index (κ3) is 6.42. The second kappa shape index (κ2) is 10.7. The Bertz CT molecular complexity index is 1310. The van der Waals surface area contributed by atoms with Crippen LogP contribution in [-0.4, -0.2) is 67.1 Å². The molecule has 0 unspecified atom stereocenters. The molecule has 0 bridgehead atoms. The number of likely N-dealkylation sites (tertiary alicyclic amines) is 1. The number of carbonyl (C=O) groups excluding carboxylic acids is 1. The van der Waals surface area contributed by atoms with Gasteiger partial charge in [0.05, 0.1) is 12.8 Å². The van der Waals surface area contributed by atoms with Crippen molar-refractivity contribution in [1.29, 1.82) is 0 Å². The zero-order chi connectivity index (χ0) is 25.9. The van der Waals surface area contributed by atoms with Crippen LogP contribution in [0.4, 0.5) is 4.79 Å². The van der Waals surface area contributed by atoms with Crippen LogP contribution in [0.3, 0.4) is 0 Å². The highest BCUT2D eigenvalue weighted by Gasteiger charge is 2.26. The fourth-order valence-electron chi connectivity index (χ4n) is 4.49. The molecule has 192 valence electrons. The summed E-state index contributed by atoms with van der Waals surface area (Å²) in [4.78, 5) is 21.6. The van der Waals surface area contributed by atoms with Gasteiger partial charge >= 0.3 is 16.3 Å². The van der Waals surface area contributed by atoms with Crippen molar-refractivity contribution in [2.75, 3.05) is 27.2 Å². The van der Waals surface area contributed by atoms with Crippen LogP contribution in [0.1, 0.15) is 24.0 Å². The Hall–Kier alpha value is -3.41. The molecule has 1 fully saturated rings. The molecule has 4 rings (SSSR count). The highest BCUT2D eigenvalue weighted by Crippen LogP contribution is 2.24. The summed E-state index contributed by atoms with van der Waals surface area (Å²) < 4.78 is 33.6. The van der Waals surface area contributed by atoms with Crippen molar-refractivity contribution in [3.63, 3.8) is 0 Å². The van der Waals surface area contributed by atoms with Crippen molar-refractivity contribution < 1.29 is 22.1 Å². The summed E-state index contributed by atoms with van der Waals surface area (Å²) in [6, 6.07) is 12.5. The molecule has 1 aromatic heterocycles. The molecule has 11 heteroatoms. The molecule has 0 saturated carbocycles. The standard InChI is InChI=1S/C25H31N5O5S/c1-18-12-19(14-23(13-18)34-3)15-29-10-8-21(9-11-29)28(2)25(31)30-16-24(27-17-30)20-4-6-22(7-5-20)35-36(26,32)33/h4-7,12-14,16-17,21H,8-11,15H2,1-3H3,(H2,26,32,33). The van der Waals surface area contributed by atoms with Crippen molar-refractivity contribution in [2.45, 2.75) is 32.4 Å². The molecule has 1 aliphatic rings. The van der Waals surface area contributed by atoms with Crippen LogP contribution in [0, 0.1) is 6.92 Å². The van der Waals surface area contributed by atoms with Gasteiger partial charge in [0.2, 0.25) is 0 Å². The van der Waals surface area contributed by atoms with E-state index in [1.807, 2.05) is 13.1 Å². The van der Waals surface area contributed by atoms with Gasteiger partial charge in [0.1, 0.15) is 17.8 Å². The van der Waals surface area contributed by atoms with Gasteiger partial charge in [0.25, 0.3) is 0 Å². The van der Waals surface area contributed by atoms with Crippen LogP contribution in [0.25, 0.3) is 11.3 Å². The number of hydrogen-bond acceptors (Lipinski definition) is 7. The molecule has 1 amide bonds. The lowest BCUT2D eigenvalue weighted by atomic mass is 10.0. The predicted octanol–water partition coefficient (Wildman–Crippen LogP) is 3.01. The van der Waals surface area contributed by atoms with Crippen LogP contribution in [0.15, 0.2) is 55.0 Å². The minimum absolute atomic E-state index is 0.101. The fourth-order valence-corrected chi connectivity index (χ4v) is 4.87. The van der Waals surface area contributed by atoms with Crippen LogP contribution in [0.5, 0.6) is 11.5 Å². The Morgan fingerprint density at radius 3 is 2.47 bits per heavy atom. The molecule has 10 nitrogen and oxygen atoms in total. The van der Waals surface area contributed by atoms with E-state index in [1.54, 1.807) is 30.3 Å². The Balaban J connectivity index is 1.33. The third-order valence-electron chi connectivity index (χ3n) is 6.33. The number of carbonyl (C=O) groups is 1. The normalized spacial score (nSPS) is 15.0. The Kier molecular flexibility index (Phi) is 7.62. The molecule has 36 heavy (non-hydrogen) atoms. The maximum absolute atomic E-state index is 13.1. The number of nitrogens with two attached hydrogens (primary N) is 1. The molecule has 2 aromatic carbocycles. The van der Waals surface area contributed by atoms with E-state index in [9.17, 15) is 13.2 Å². The third-order valence-corrected chi connectivity index (χ3v) is 6.75. The van der Waals surface area contributed by atoms with E-state index in [-0.39, 0.29) is 17.8 Å². The van der Waals surface area contributed by atoms with Crippen molar-refractivity contribution in [2.24, 2.45) is 5.14 Å². The minimum atomic E-state index is -4.08. The zero-order valence-electron chi connectivity index (χ0n) is 20.6. The first-order chi connectivity index (χ1) is 17.1. The lowest BCUT2D eigenvalue weighted by Crippen LogP contribution is -2.46. The minimum Gasteiger partial charge on any atom is -0.497 e. The summed E-state index contributed by atoms with van der Waals surface area (Å²) in [5, 5.41) is 4.89. The first-order valence-electron chi connectivity index (χ1n) is 11.6. The number of piperidine rings is 1. The number of benzene rings is 2. The highest BCUT2D eigenvalue weighted by atomic mass is 32.2. The van der Waals surface area contributed by atoms with Gasteiger partial charge in [-0.15, -0.1) is 0 Å². The van der Waals surface area contributed by atoms with Crippen molar-refractivity contribution >= 4 is 16.3 Å². The number of rotatable bonds is 7. The number of nitrogens with zero attached hydrogens (tertiary/aromatic N) is 4. The smallest absolute Gasteiger partial charge is 0.380 e. The van der Waals surface area contributed by atoms with Crippen LogP contribution in [0.2, 0.25) is 0 Å². The molecule has 3 aromatic rings. The first kappa shape index (κ1) is 25.7. The number of methoxy groups -OCH3 is 1. The van der Waals surface area contributed by atoms with Crippen LogP contribution >= 0.6 is 0 Å². The summed E-state index contributed by atoms with van der Waals surface area (Å²) in [7, 11) is -0.575. The van der Waals surface area contributed by atoms with E-state index in [1.165, 1.54) is 34.2 Å². The maximum atomic E-state index is 13.1. The van der Waals surface area contributed by atoms with Crippen LogP contribution < -0.4 is 14.1 Å². The van der Waals surface area contributed by atoms with Gasteiger partial charge in [-0.1, -0.05) is 6.07 Å². The summed E-state index contributed by atoms with van der Waals surface area (Å²) in [5.74, 6) is 0.974. The SMILES string of the molecule is COc1cc(C)cc(CN2CCC(N(C)C(=O)n3cnc(-c4ccc(OS(N)(=O)=O)cc4)c3)CC2)c1. The Morgan fingerprint density at radius 1 is 1.14 bits per heavy atom. The van der Waals surface area contributed by atoms with Gasteiger partial charge in [-0.2, -0.15) is 13.6 Å². The highest BCUT2D eigenvalue weighted by molar-refractivity contribution is 7.84. The van der Waals surface area contributed by atoms with Gasteiger partial charge in [0, 0.05) is 44.5 Å². The molecular weight excluding hydrogens is 482 g/mol. The maximum Gasteiger partial charge on any atom is 0.380 e. The van der Waals surface area contributed by atoms with E-state index in [0.29, 0.717) is 11.3 Å². The lowest BCUT2D eigenvalue weighted by molar-refractivity contribution is 0.132. The molecule has 0 spiro atoms. The van der Waals surface area contributed by atoms with Crippen molar-refractivity contribution in [3.05, 3.63) is 66.1 Å². The van der Waals surface area contributed by atoms with Crippen molar-refractivity contribution in [1.82, 2.24) is 19.4 Å². The summed E-state index contributed by atoms with van der Waals surface area (Å²) in [6.07, 6.45) is 4.92. The van der Waals surface area contributed by atoms with Crippen LogP contribution in [-0.2, 0) is 16.8 Å². The van der Waals surface area contributed by atoms with Gasteiger partial charge in [-0.25, -0.2) is 9.78 Å². The molecule has 0 aliphatic carbocycles. The Labute approximate surface area is 211 Å². The number of aryl methyl sites for hydroxylation is 1. The number of amides is 1. The fraction of sp³-hybridized carbons (Fsp3) is 0.360. The van der Waals surface area contributed by atoms with E-state index in [2.05, 4.69) is 33.1 Å². The first-order valence-corrected chi connectivity index (χ1v) is 13.1. The van der Waals surface area contributed by atoms with E-state index in [4.69, 9.17) is 9.88 Å². The van der Waals surface area contributed by atoms with E-state index in [0.717, 1.165) is 38.2 Å². The number of ether oxygens (including phenoxy) is 1. The van der Waals surface area contributed by atoms with E-state index < -0.39 is 10.3 Å². The second-order valence-electron chi connectivity index (χ2n) is 9.03. The molecule has 1 saturated heterocycles. The van der Waals surface area contributed by atoms with Crippen molar-refractivity contribution in [3.8, 4) is 22.8 Å². The quantitative estimate of drug-likeness (QED) is 0.516. The number of aromatic nitrogens is 2. The number of imidazole rings is 1. The number of hydrogen-bond donors (Lipinski definition) is 1. The summed E-state index contributed by atoms with van der Waals surface area (Å²) in [6.45, 7) is 4.73. The van der Waals surface area contributed by atoms with E-state index >= 15 is 0 Å². The topological polar surface area (TPSA) is 120 Å². The summed E-state index contributed by atoms with van der Waals surface area (Å²) in [5.41, 5.74) is 3.70. The van der Waals surface area contributed by atoms with Gasteiger partial charge in [-0.05, 0) is 67.3 Å². The second-order valence-corrected chi connectivity index (χ2v) is 10.2. The largest absolute Gasteiger partial charge is 0.497 e. The predicted molar refractivity (Wildman–Crippen MR) is 136 cm³/mol. The Morgan fingerprint density at radius 2 is 1.83 bits per heavy atom.